The Kier molecular flexibility index (Phi) is 8.58. The van der Waals surface area contributed by atoms with Gasteiger partial charge < -0.3 is 15.0 Å². The summed E-state index contributed by atoms with van der Waals surface area (Å²) in [4.78, 5) is 43.4. The Balaban J connectivity index is 0.00000363. The van der Waals surface area contributed by atoms with Gasteiger partial charge in [-0.2, -0.15) is 5.26 Å². The maximum atomic E-state index is 12.6. The summed E-state index contributed by atoms with van der Waals surface area (Å²) in [7, 11) is 1.29. The summed E-state index contributed by atoms with van der Waals surface area (Å²) in [5.41, 5.74) is 1.13. The topological polar surface area (TPSA) is 125 Å². The van der Waals surface area contributed by atoms with Gasteiger partial charge in [-0.15, -0.1) is 12.4 Å². The second-order valence-corrected chi connectivity index (χ2v) is 7.72. The number of thioether (sulfide) groups is 1. The highest BCUT2D eigenvalue weighted by molar-refractivity contribution is 8.00. The van der Waals surface area contributed by atoms with E-state index < -0.39 is 16.8 Å². The van der Waals surface area contributed by atoms with Crippen LogP contribution in [0.3, 0.4) is 0 Å². The van der Waals surface area contributed by atoms with Gasteiger partial charge in [0.2, 0.25) is 5.91 Å². The van der Waals surface area contributed by atoms with Gasteiger partial charge in [0.25, 0.3) is 5.56 Å². The molecule has 3 rings (SSSR count). The Hall–Kier alpha value is -3.61. The van der Waals surface area contributed by atoms with E-state index in [9.17, 15) is 19.6 Å². The summed E-state index contributed by atoms with van der Waals surface area (Å²) >= 11 is 1.06. The van der Waals surface area contributed by atoms with Crippen LogP contribution in [-0.4, -0.2) is 34.2 Å². The number of hydrogen-bond acceptors (Lipinski definition) is 7. The number of aromatic amines is 1. The predicted molar refractivity (Wildman–Crippen MR) is 124 cm³/mol. The quantitative estimate of drug-likeness (QED) is 0.320. The van der Waals surface area contributed by atoms with E-state index in [1.54, 1.807) is 55.5 Å². The number of hydrogen-bond donors (Lipinski definition) is 2. The molecule has 164 valence electrons. The van der Waals surface area contributed by atoms with Gasteiger partial charge in [0.15, 0.2) is 5.16 Å². The third kappa shape index (κ3) is 5.75. The molecule has 2 aromatic carbocycles. The van der Waals surface area contributed by atoms with Gasteiger partial charge in [-0.25, -0.2) is 9.78 Å². The number of esters is 1. The van der Waals surface area contributed by atoms with Crippen molar-refractivity contribution in [3.05, 3.63) is 76.1 Å². The minimum atomic E-state index is -0.597. The van der Waals surface area contributed by atoms with Crippen molar-refractivity contribution in [3.8, 4) is 17.3 Å². The summed E-state index contributed by atoms with van der Waals surface area (Å²) in [5.74, 6) is -0.782. The minimum absolute atomic E-state index is 0. The molecule has 0 saturated heterocycles. The zero-order chi connectivity index (χ0) is 22.4. The number of carbonyl (C=O) groups is 2. The van der Waals surface area contributed by atoms with E-state index in [-0.39, 0.29) is 34.7 Å². The zero-order valence-electron chi connectivity index (χ0n) is 17.1. The summed E-state index contributed by atoms with van der Waals surface area (Å²) in [6.45, 7) is 1.67. The van der Waals surface area contributed by atoms with Crippen LogP contribution in [0.4, 0.5) is 5.69 Å². The smallest absolute Gasteiger partial charge is 0.337 e. The molecule has 8 nitrogen and oxygen atoms in total. The van der Waals surface area contributed by atoms with Crippen molar-refractivity contribution in [1.29, 1.82) is 5.26 Å². The standard InChI is InChI=1S/C22H18N4O4S.ClH/c1-13(19(27)24-16-10-8-15(9-11-16)21(29)30-2)31-22-25-18(14-6-4-3-5-7-14)17(12-23)20(28)26-22;/h3-11,13H,1-2H3,(H,24,27)(H,25,26,28);1H. The van der Waals surface area contributed by atoms with Gasteiger partial charge in [0.1, 0.15) is 11.6 Å². The number of rotatable bonds is 6. The molecule has 1 unspecified atom stereocenters. The van der Waals surface area contributed by atoms with Crippen molar-refractivity contribution in [2.24, 2.45) is 0 Å². The number of halogens is 1. The second-order valence-electron chi connectivity index (χ2n) is 6.39. The van der Waals surface area contributed by atoms with Gasteiger partial charge in [0.05, 0.1) is 23.6 Å². The number of benzene rings is 2. The number of carbonyl (C=O) groups excluding carboxylic acids is 2. The fourth-order valence-corrected chi connectivity index (χ4v) is 3.49. The van der Waals surface area contributed by atoms with Gasteiger partial charge in [-0.1, -0.05) is 42.1 Å². The minimum Gasteiger partial charge on any atom is -0.465 e. The number of methoxy groups -OCH3 is 1. The molecule has 0 radical (unpaired) electrons. The van der Waals surface area contributed by atoms with Gasteiger partial charge in [-0.05, 0) is 31.2 Å². The Morgan fingerprint density at radius 1 is 1.16 bits per heavy atom. The summed E-state index contributed by atoms with van der Waals surface area (Å²) < 4.78 is 4.64. The Morgan fingerprint density at radius 2 is 1.81 bits per heavy atom. The first-order valence-electron chi connectivity index (χ1n) is 9.18. The van der Waals surface area contributed by atoms with Crippen LogP contribution in [-0.2, 0) is 9.53 Å². The van der Waals surface area contributed by atoms with Crippen molar-refractivity contribution in [2.45, 2.75) is 17.3 Å². The molecule has 0 bridgehead atoms. The average molecular weight is 471 g/mol. The molecule has 1 aromatic heterocycles. The summed E-state index contributed by atoms with van der Waals surface area (Å²) in [6, 6.07) is 17.1. The predicted octanol–water partition coefficient (Wildman–Crippen LogP) is 3.64. The lowest BCUT2D eigenvalue weighted by Gasteiger charge is -2.12. The van der Waals surface area contributed by atoms with E-state index in [0.29, 0.717) is 16.8 Å². The molecule has 1 atom stereocenters. The third-order valence-corrected chi connectivity index (χ3v) is 5.27. The van der Waals surface area contributed by atoms with Crippen molar-refractivity contribution in [1.82, 2.24) is 9.97 Å². The molecular formula is C22H19ClN4O4S. The number of amides is 1. The Labute approximate surface area is 194 Å². The molecular weight excluding hydrogens is 452 g/mol. The van der Waals surface area contributed by atoms with E-state index in [4.69, 9.17) is 0 Å². The highest BCUT2D eigenvalue weighted by Crippen LogP contribution is 2.25. The lowest BCUT2D eigenvalue weighted by Crippen LogP contribution is -2.23. The molecule has 0 aliphatic heterocycles. The maximum Gasteiger partial charge on any atom is 0.337 e. The monoisotopic (exact) mass is 470 g/mol. The van der Waals surface area contributed by atoms with Crippen molar-refractivity contribution < 1.29 is 14.3 Å². The van der Waals surface area contributed by atoms with Crippen LogP contribution in [0.15, 0.2) is 64.5 Å². The average Bonchev–Trinajstić information content (AvgIpc) is 2.79. The Morgan fingerprint density at radius 3 is 2.41 bits per heavy atom. The number of aromatic nitrogens is 2. The van der Waals surface area contributed by atoms with Crippen molar-refractivity contribution in [3.63, 3.8) is 0 Å². The molecule has 1 heterocycles. The Bertz CT molecular complexity index is 1210. The molecule has 0 saturated carbocycles. The third-order valence-electron chi connectivity index (χ3n) is 4.29. The van der Waals surface area contributed by atoms with E-state index in [1.807, 2.05) is 12.1 Å². The molecule has 0 spiro atoms. The van der Waals surface area contributed by atoms with E-state index in [1.165, 1.54) is 7.11 Å². The van der Waals surface area contributed by atoms with E-state index in [2.05, 4.69) is 20.0 Å². The molecule has 0 aliphatic carbocycles. The van der Waals surface area contributed by atoms with E-state index in [0.717, 1.165) is 11.8 Å². The first-order chi connectivity index (χ1) is 14.9. The van der Waals surface area contributed by atoms with Gasteiger partial charge in [0, 0.05) is 11.3 Å². The second kappa shape index (κ2) is 11.1. The normalized spacial score (nSPS) is 10.9. The highest BCUT2D eigenvalue weighted by atomic mass is 35.5. The van der Waals surface area contributed by atoms with Gasteiger partial charge in [-0.3, -0.25) is 9.59 Å². The summed E-state index contributed by atoms with van der Waals surface area (Å²) in [6.07, 6.45) is 0. The number of nitriles is 1. The first-order valence-corrected chi connectivity index (χ1v) is 10.1. The number of H-pyrrole nitrogens is 1. The summed E-state index contributed by atoms with van der Waals surface area (Å²) in [5, 5.41) is 11.7. The molecule has 3 aromatic rings. The number of nitrogens with one attached hydrogen (secondary N) is 2. The zero-order valence-corrected chi connectivity index (χ0v) is 18.8. The fourth-order valence-electron chi connectivity index (χ4n) is 2.69. The van der Waals surface area contributed by atoms with E-state index >= 15 is 0 Å². The highest BCUT2D eigenvalue weighted by Gasteiger charge is 2.19. The van der Waals surface area contributed by atoms with Crippen LogP contribution >= 0.6 is 24.2 Å². The molecule has 0 aliphatic rings. The largest absolute Gasteiger partial charge is 0.465 e. The molecule has 0 fully saturated rings. The molecule has 32 heavy (non-hydrogen) atoms. The number of ether oxygens (including phenoxy) is 1. The van der Waals surface area contributed by atoms with Crippen LogP contribution in [0, 0.1) is 11.3 Å². The number of anilines is 1. The van der Waals surface area contributed by atoms with Crippen molar-refractivity contribution >= 4 is 41.7 Å². The molecule has 1 amide bonds. The van der Waals surface area contributed by atoms with Crippen LogP contribution in [0.25, 0.3) is 11.3 Å². The lowest BCUT2D eigenvalue weighted by atomic mass is 10.1. The van der Waals surface area contributed by atoms with Crippen LogP contribution in [0.1, 0.15) is 22.8 Å². The van der Waals surface area contributed by atoms with Crippen LogP contribution in [0.5, 0.6) is 0 Å². The van der Waals surface area contributed by atoms with Gasteiger partial charge >= 0.3 is 5.97 Å². The van der Waals surface area contributed by atoms with Crippen LogP contribution in [0.2, 0.25) is 0 Å². The molecule has 2 N–H and O–H groups in total. The number of nitrogens with zero attached hydrogens (tertiary/aromatic N) is 2. The van der Waals surface area contributed by atoms with Crippen LogP contribution < -0.4 is 10.9 Å². The fraction of sp³-hybridized carbons (Fsp3) is 0.136. The first kappa shape index (κ1) is 24.7. The SMILES string of the molecule is COC(=O)c1ccc(NC(=O)C(C)Sc2nc(-c3ccccc3)c(C#N)c(=O)[nH]2)cc1.Cl. The lowest BCUT2D eigenvalue weighted by molar-refractivity contribution is -0.115. The molecule has 10 heteroatoms. The maximum absolute atomic E-state index is 12.6. The van der Waals surface area contributed by atoms with Crippen molar-refractivity contribution in [2.75, 3.05) is 12.4 Å².